The normalized spacial score (nSPS) is 14.7. The predicted molar refractivity (Wildman–Crippen MR) is 117 cm³/mol. The summed E-state index contributed by atoms with van der Waals surface area (Å²) in [6.45, 7) is 1.76. The molecule has 1 aliphatic rings. The van der Waals surface area contributed by atoms with E-state index in [0.717, 1.165) is 5.56 Å². The molecule has 1 N–H and O–H groups in total. The summed E-state index contributed by atoms with van der Waals surface area (Å²) in [4.78, 5) is 19.5. The fourth-order valence-electron chi connectivity index (χ4n) is 3.28. The molecule has 0 atom stereocenters. The van der Waals surface area contributed by atoms with Gasteiger partial charge >= 0.3 is 0 Å². The van der Waals surface area contributed by atoms with Crippen molar-refractivity contribution >= 4 is 45.1 Å². The lowest BCUT2D eigenvalue weighted by Gasteiger charge is -2.27. The maximum atomic E-state index is 11.7. The third-order valence-electron chi connectivity index (χ3n) is 4.82. The topological polar surface area (TPSA) is 102 Å². The number of aromatic nitrogens is 4. The van der Waals surface area contributed by atoms with Gasteiger partial charge in [0.2, 0.25) is 5.28 Å². The van der Waals surface area contributed by atoms with Crippen LogP contribution in [0.4, 0.5) is 11.6 Å². The molecule has 0 spiro atoms. The van der Waals surface area contributed by atoms with Gasteiger partial charge in [-0.25, -0.2) is 15.0 Å². The van der Waals surface area contributed by atoms with E-state index in [-0.39, 0.29) is 5.28 Å². The standard InChI is InChI=1S/C19H21ClN6O3S/c1-28-13-4-3-12(9-14(13)29-2)10-21-17-15-16(22-11-23-17)18(25-19(20)24-15)26-5-7-30(27)8-6-26/h3-4,9,11H,5-8,10H2,1-2H3,(H,21,22,23). The molecule has 11 heteroatoms. The van der Waals surface area contributed by atoms with Crippen LogP contribution in [0.2, 0.25) is 5.28 Å². The molecule has 158 valence electrons. The summed E-state index contributed by atoms with van der Waals surface area (Å²) in [6, 6.07) is 5.70. The lowest BCUT2D eigenvalue weighted by molar-refractivity contribution is 0.354. The smallest absolute Gasteiger partial charge is 0.225 e. The first-order valence-corrected chi connectivity index (χ1v) is 11.2. The number of benzene rings is 1. The number of rotatable bonds is 6. The maximum absolute atomic E-state index is 11.7. The zero-order chi connectivity index (χ0) is 21.1. The zero-order valence-corrected chi connectivity index (χ0v) is 18.2. The van der Waals surface area contributed by atoms with Gasteiger partial charge in [0, 0.05) is 41.9 Å². The molecule has 0 aliphatic carbocycles. The molecule has 0 bridgehead atoms. The van der Waals surface area contributed by atoms with Crippen molar-refractivity contribution in [1.29, 1.82) is 0 Å². The number of nitrogens with one attached hydrogen (secondary N) is 1. The molecule has 2 aromatic heterocycles. The fraction of sp³-hybridized carbons (Fsp3) is 0.368. The first-order chi connectivity index (χ1) is 14.6. The summed E-state index contributed by atoms with van der Waals surface area (Å²) in [5, 5.41) is 3.41. The Hall–Kier alpha value is -2.72. The molecular weight excluding hydrogens is 428 g/mol. The molecule has 0 radical (unpaired) electrons. The van der Waals surface area contributed by atoms with Crippen molar-refractivity contribution in [2.75, 3.05) is 49.0 Å². The highest BCUT2D eigenvalue weighted by Crippen LogP contribution is 2.30. The van der Waals surface area contributed by atoms with E-state index in [1.807, 2.05) is 23.1 Å². The molecule has 3 heterocycles. The molecule has 0 unspecified atom stereocenters. The number of hydrogen-bond donors (Lipinski definition) is 1. The number of fused-ring (bicyclic) bond motifs is 1. The summed E-state index contributed by atoms with van der Waals surface area (Å²) in [5.41, 5.74) is 2.13. The van der Waals surface area contributed by atoms with Gasteiger partial charge in [-0.05, 0) is 29.3 Å². The van der Waals surface area contributed by atoms with E-state index in [9.17, 15) is 4.21 Å². The summed E-state index contributed by atoms with van der Waals surface area (Å²) in [5.74, 6) is 3.70. The van der Waals surface area contributed by atoms with Crippen LogP contribution >= 0.6 is 11.6 Å². The van der Waals surface area contributed by atoms with Crippen LogP contribution in [0, 0.1) is 0 Å². The van der Waals surface area contributed by atoms with E-state index < -0.39 is 10.8 Å². The Morgan fingerprint density at radius 2 is 1.87 bits per heavy atom. The Bertz CT molecular complexity index is 1090. The quantitative estimate of drug-likeness (QED) is 0.568. The molecule has 1 fully saturated rings. The summed E-state index contributed by atoms with van der Waals surface area (Å²) < 4.78 is 22.3. The van der Waals surface area contributed by atoms with Gasteiger partial charge in [-0.3, -0.25) is 4.21 Å². The Labute approximate surface area is 181 Å². The minimum absolute atomic E-state index is 0.119. The average molecular weight is 449 g/mol. The second kappa shape index (κ2) is 8.97. The second-order valence-electron chi connectivity index (χ2n) is 6.61. The van der Waals surface area contributed by atoms with Gasteiger partial charge in [0.1, 0.15) is 17.4 Å². The van der Waals surface area contributed by atoms with E-state index in [2.05, 4.69) is 25.3 Å². The van der Waals surface area contributed by atoms with Gasteiger partial charge < -0.3 is 19.7 Å². The van der Waals surface area contributed by atoms with E-state index in [1.54, 1.807) is 14.2 Å². The maximum Gasteiger partial charge on any atom is 0.225 e. The number of ether oxygens (including phenoxy) is 2. The van der Waals surface area contributed by atoms with E-state index in [0.29, 0.717) is 65.3 Å². The Morgan fingerprint density at radius 3 is 2.60 bits per heavy atom. The Balaban J connectivity index is 1.63. The van der Waals surface area contributed by atoms with Crippen molar-refractivity contribution in [2.24, 2.45) is 0 Å². The van der Waals surface area contributed by atoms with Crippen LogP contribution in [0.3, 0.4) is 0 Å². The van der Waals surface area contributed by atoms with Crippen molar-refractivity contribution in [2.45, 2.75) is 6.54 Å². The highest BCUT2D eigenvalue weighted by Gasteiger charge is 2.22. The summed E-state index contributed by atoms with van der Waals surface area (Å²) in [7, 11) is 2.41. The average Bonchev–Trinajstić information content (AvgIpc) is 2.77. The number of methoxy groups -OCH3 is 2. The Morgan fingerprint density at radius 1 is 1.10 bits per heavy atom. The molecular formula is C19H21ClN6O3S. The number of hydrogen-bond acceptors (Lipinski definition) is 9. The van der Waals surface area contributed by atoms with E-state index in [4.69, 9.17) is 21.1 Å². The second-order valence-corrected chi connectivity index (χ2v) is 8.65. The molecule has 0 amide bonds. The third kappa shape index (κ3) is 4.24. The van der Waals surface area contributed by atoms with Crippen LogP contribution in [0.5, 0.6) is 11.5 Å². The van der Waals surface area contributed by atoms with Gasteiger partial charge in [-0.1, -0.05) is 6.07 Å². The highest BCUT2D eigenvalue weighted by molar-refractivity contribution is 7.85. The van der Waals surface area contributed by atoms with Gasteiger partial charge in [0.15, 0.2) is 23.1 Å². The molecule has 3 aromatic rings. The first-order valence-electron chi connectivity index (χ1n) is 9.32. The fourth-order valence-corrected chi connectivity index (χ4v) is 4.50. The van der Waals surface area contributed by atoms with Crippen LogP contribution < -0.4 is 19.7 Å². The van der Waals surface area contributed by atoms with Crippen LogP contribution in [0.1, 0.15) is 5.56 Å². The van der Waals surface area contributed by atoms with Crippen LogP contribution in [-0.4, -0.2) is 63.0 Å². The molecule has 9 nitrogen and oxygen atoms in total. The zero-order valence-electron chi connectivity index (χ0n) is 16.6. The number of anilines is 2. The van der Waals surface area contributed by atoms with Crippen molar-refractivity contribution in [3.05, 3.63) is 35.4 Å². The summed E-state index contributed by atoms with van der Waals surface area (Å²) >= 11 is 6.21. The largest absolute Gasteiger partial charge is 0.493 e. The molecule has 1 aromatic carbocycles. The van der Waals surface area contributed by atoms with Gasteiger partial charge in [-0.2, -0.15) is 4.98 Å². The Kier molecular flexibility index (Phi) is 6.14. The minimum atomic E-state index is -0.790. The minimum Gasteiger partial charge on any atom is -0.493 e. The number of halogens is 1. The van der Waals surface area contributed by atoms with Crippen LogP contribution in [0.15, 0.2) is 24.5 Å². The molecule has 4 rings (SSSR count). The predicted octanol–water partition coefficient (Wildman–Crippen LogP) is 2.27. The van der Waals surface area contributed by atoms with Gasteiger partial charge in [-0.15, -0.1) is 0 Å². The summed E-state index contributed by atoms with van der Waals surface area (Å²) in [6.07, 6.45) is 1.47. The van der Waals surface area contributed by atoms with Crippen molar-refractivity contribution in [1.82, 2.24) is 19.9 Å². The van der Waals surface area contributed by atoms with E-state index >= 15 is 0 Å². The molecule has 1 aliphatic heterocycles. The molecule has 30 heavy (non-hydrogen) atoms. The van der Waals surface area contributed by atoms with Crippen molar-refractivity contribution < 1.29 is 13.7 Å². The third-order valence-corrected chi connectivity index (χ3v) is 6.27. The van der Waals surface area contributed by atoms with Gasteiger partial charge in [0.25, 0.3) is 0 Å². The van der Waals surface area contributed by atoms with Crippen LogP contribution in [0.25, 0.3) is 11.0 Å². The monoisotopic (exact) mass is 448 g/mol. The molecule has 0 saturated carbocycles. The van der Waals surface area contributed by atoms with Crippen LogP contribution in [-0.2, 0) is 17.3 Å². The van der Waals surface area contributed by atoms with Crippen molar-refractivity contribution in [3.63, 3.8) is 0 Å². The SMILES string of the molecule is COc1ccc(CNc2ncnc3c(N4CCS(=O)CC4)nc(Cl)nc23)cc1OC. The lowest BCUT2D eigenvalue weighted by Crippen LogP contribution is -2.38. The first kappa shape index (κ1) is 20.5. The van der Waals surface area contributed by atoms with E-state index in [1.165, 1.54) is 6.33 Å². The van der Waals surface area contributed by atoms with Gasteiger partial charge in [0.05, 0.1) is 14.2 Å². The van der Waals surface area contributed by atoms with Crippen molar-refractivity contribution in [3.8, 4) is 11.5 Å². The molecule has 1 saturated heterocycles. The number of nitrogens with zero attached hydrogens (tertiary/aromatic N) is 5. The highest BCUT2D eigenvalue weighted by atomic mass is 35.5. The lowest BCUT2D eigenvalue weighted by atomic mass is 10.2.